The summed E-state index contributed by atoms with van der Waals surface area (Å²) in [6, 6.07) is 17.5. The number of aromatic nitrogens is 2. The highest BCUT2D eigenvalue weighted by molar-refractivity contribution is 8.01. The quantitative estimate of drug-likeness (QED) is 0.414. The maximum absolute atomic E-state index is 13.9. The molecule has 2 heterocycles. The maximum atomic E-state index is 13.9. The first-order valence-electron chi connectivity index (χ1n) is 8.85. The van der Waals surface area contributed by atoms with Crippen molar-refractivity contribution >= 4 is 34.7 Å². The standard InChI is InChI=1S/C21H16FN3O2S2/c22-16-6-2-1-5-15(16)18-11-9-14(27-18)10-12-20(26)24-17-7-3-4-8-19(17)29-21-25-23-13-28-21/h1-9,11,13H,10,12H2,(H,24,26). The van der Waals surface area contributed by atoms with Crippen LogP contribution in [0.2, 0.25) is 0 Å². The summed E-state index contributed by atoms with van der Waals surface area (Å²) in [4.78, 5) is 13.3. The molecule has 0 unspecified atom stereocenters. The number of carbonyl (C=O) groups excluding carboxylic acids is 1. The molecule has 0 aliphatic heterocycles. The molecule has 0 spiro atoms. The van der Waals surface area contributed by atoms with Crippen LogP contribution in [0.1, 0.15) is 12.2 Å². The fourth-order valence-electron chi connectivity index (χ4n) is 2.73. The number of aryl methyl sites for hydroxylation is 1. The second kappa shape index (κ2) is 9.02. The zero-order chi connectivity index (χ0) is 20.1. The van der Waals surface area contributed by atoms with Gasteiger partial charge in [0.2, 0.25) is 5.91 Å². The van der Waals surface area contributed by atoms with Crippen molar-refractivity contribution in [2.75, 3.05) is 5.32 Å². The van der Waals surface area contributed by atoms with Crippen LogP contribution in [0.3, 0.4) is 0 Å². The van der Waals surface area contributed by atoms with Crippen LogP contribution in [-0.2, 0) is 11.2 Å². The van der Waals surface area contributed by atoms with Crippen molar-refractivity contribution < 1.29 is 13.6 Å². The molecule has 0 aliphatic rings. The van der Waals surface area contributed by atoms with Gasteiger partial charge in [-0.05, 0) is 36.4 Å². The van der Waals surface area contributed by atoms with Crippen molar-refractivity contribution in [3.63, 3.8) is 0 Å². The van der Waals surface area contributed by atoms with E-state index in [1.165, 1.54) is 29.2 Å². The van der Waals surface area contributed by atoms with Gasteiger partial charge in [0.25, 0.3) is 0 Å². The number of para-hydroxylation sites is 1. The Morgan fingerprint density at radius 1 is 1.10 bits per heavy atom. The van der Waals surface area contributed by atoms with E-state index in [4.69, 9.17) is 4.42 Å². The number of nitrogens with zero attached hydrogens (tertiary/aromatic N) is 2. The lowest BCUT2D eigenvalue weighted by Crippen LogP contribution is -2.12. The fourth-order valence-corrected chi connectivity index (χ4v) is 4.25. The lowest BCUT2D eigenvalue weighted by atomic mass is 10.1. The number of amides is 1. The molecule has 0 atom stereocenters. The van der Waals surface area contributed by atoms with Gasteiger partial charge in [0.05, 0.1) is 11.3 Å². The second-order valence-electron chi connectivity index (χ2n) is 6.10. The van der Waals surface area contributed by atoms with Crippen LogP contribution in [0.4, 0.5) is 10.1 Å². The topological polar surface area (TPSA) is 68.0 Å². The number of hydrogen-bond donors (Lipinski definition) is 1. The number of benzene rings is 2. The molecule has 0 bridgehead atoms. The molecule has 2 aromatic heterocycles. The number of anilines is 1. The van der Waals surface area contributed by atoms with Gasteiger partial charge in [-0.1, -0.05) is 47.4 Å². The summed E-state index contributed by atoms with van der Waals surface area (Å²) in [7, 11) is 0. The molecule has 1 N–H and O–H groups in total. The van der Waals surface area contributed by atoms with Crippen LogP contribution >= 0.6 is 23.1 Å². The van der Waals surface area contributed by atoms with Crippen LogP contribution in [0, 0.1) is 5.82 Å². The molecule has 2 aromatic carbocycles. The van der Waals surface area contributed by atoms with E-state index in [-0.39, 0.29) is 18.1 Å². The molecule has 29 heavy (non-hydrogen) atoms. The molecule has 4 aromatic rings. The van der Waals surface area contributed by atoms with E-state index in [1.807, 2.05) is 24.3 Å². The monoisotopic (exact) mass is 425 g/mol. The highest BCUT2D eigenvalue weighted by Gasteiger charge is 2.12. The van der Waals surface area contributed by atoms with E-state index >= 15 is 0 Å². The average molecular weight is 426 g/mol. The Morgan fingerprint density at radius 3 is 2.76 bits per heavy atom. The average Bonchev–Trinajstić information content (AvgIpc) is 3.40. The zero-order valence-electron chi connectivity index (χ0n) is 15.2. The predicted octanol–water partition coefficient (Wildman–Crippen LogP) is 5.66. The highest BCUT2D eigenvalue weighted by Crippen LogP contribution is 2.34. The van der Waals surface area contributed by atoms with E-state index in [9.17, 15) is 9.18 Å². The Hall–Kier alpha value is -2.97. The molecular weight excluding hydrogens is 409 g/mol. The van der Waals surface area contributed by atoms with Crippen molar-refractivity contribution in [3.8, 4) is 11.3 Å². The molecule has 0 fully saturated rings. The van der Waals surface area contributed by atoms with E-state index in [0.29, 0.717) is 23.5 Å². The summed E-state index contributed by atoms with van der Waals surface area (Å²) in [5.74, 6) is 0.627. The van der Waals surface area contributed by atoms with E-state index < -0.39 is 0 Å². The SMILES string of the molecule is O=C(CCc1ccc(-c2ccccc2F)o1)Nc1ccccc1Sc1nncs1. The van der Waals surface area contributed by atoms with Gasteiger partial charge in [0.15, 0.2) is 4.34 Å². The number of hydrogen-bond acceptors (Lipinski definition) is 6. The van der Waals surface area contributed by atoms with E-state index in [2.05, 4.69) is 15.5 Å². The van der Waals surface area contributed by atoms with Gasteiger partial charge in [-0.3, -0.25) is 4.79 Å². The summed E-state index contributed by atoms with van der Waals surface area (Å²) < 4.78 is 20.4. The molecule has 5 nitrogen and oxygen atoms in total. The molecule has 4 rings (SSSR count). The molecule has 0 saturated heterocycles. The summed E-state index contributed by atoms with van der Waals surface area (Å²) >= 11 is 2.90. The van der Waals surface area contributed by atoms with Crippen LogP contribution in [0.25, 0.3) is 11.3 Å². The Kier molecular flexibility index (Phi) is 6.02. The first-order chi connectivity index (χ1) is 14.2. The van der Waals surface area contributed by atoms with Gasteiger partial charge >= 0.3 is 0 Å². The number of nitrogens with one attached hydrogen (secondary N) is 1. The van der Waals surface area contributed by atoms with Crippen molar-refractivity contribution in [1.29, 1.82) is 0 Å². The first-order valence-corrected chi connectivity index (χ1v) is 10.5. The van der Waals surface area contributed by atoms with Gasteiger partial charge in [0.1, 0.15) is 22.8 Å². The highest BCUT2D eigenvalue weighted by atomic mass is 32.2. The normalized spacial score (nSPS) is 10.8. The Labute approximate surface area is 175 Å². The van der Waals surface area contributed by atoms with Gasteiger partial charge in [-0.2, -0.15) is 0 Å². The lowest BCUT2D eigenvalue weighted by molar-refractivity contribution is -0.116. The van der Waals surface area contributed by atoms with Crippen LogP contribution in [-0.4, -0.2) is 16.1 Å². The third kappa shape index (κ3) is 4.90. The first kappa shape index (κ1) is 19.4. The van der Waals surface area contributed by atoms with Gasteiger partial charge < -0.3 is 9.73 Å². The Balaban J connectivity index is 1.37. The minimum Gasteiger partial charge on any atom is -0.461 e. The summed E-state index contributed by atoms with van der Waals surface area (Å²) in [5.41, 5.74) is 2.80. The zero-order valence-corrected chi connectivity index (χ0v) is 16.8. The number of rotatable bonds is 7. The smallest absolute Gasteiger partial charge is 0.224 e. The van der Waals surface area contributed by atoms with E-state index in [0.717, 1.165) is 14.9 Å². The largest absolute Gasteiger partial charge is 0.461 e. The van der Waals surface area contributed by atoms with Crippen LogP contribution in [0.15, 0.2) is 79.8 Å². The molecule has 1 amide bonds. The third-order valence-corrected chi connectivity index (χ3v) is 5.95. The number of halogens is 1. The molecule has 0 saturated carbocycles. The van der Waals surface area contributed by atoms with Crippen LogP contribution in [0.5, 0.6) is 0 Å². The number of carbonyl (C=O) groups is 1. The van der Waals surface area contributed by atoms with Gasteiger partial charge in [0, 0.05) is 17.7 Å². The Bertz CT molecular complexity index is 1110. The Morgan fingerprint density at radius 2 is 1.93 bits per heavy atom. The minimum atomic E-state index is -0.337. The molecule has 146 valence electrons. The summed E-state index contributed by atoms with van der Waals surface area (Å²) in [6.45, 7) is 0. The summed E-state index contributed by atoms with van der Waals surface area (Å²) in [6.07, 6.45) is 0.675. The van der Waals surface area contributed by atoms with Gasteiger partial charge in [-0.15, -0.1) is 10.2 Å². The van der Waals surface area contributed by atoms with Gasteiger partial charge in [-0.25, -0.2) is 4.39 Å². The van der Waals surface area contributed by atoms with Crippen LogP contribution < -0.4 is 5.32 Å². The molecule has 0 aliphatic carbocycles. The predicted molar refractivity (Wildman–Crippen MR) is 112 cm³/mol. The van der Waals surface area contributed by atoms with E-state index in [1.54, 1.807) is 35.8 Å². The minimum absolute atomic E-state index is 0.126. The van der Waals surface area contributed by atoms with Crippen molar-refractivity contribution in [2.24, 2.45) is 0 Å². The summed E-state index contributed by atoms with van der Waals surface area (Å²) in [5, 5.41) is 10.8. The molecule has 8 heteroatoms. The maximum Gasteiger partial charge on any atom is 0.224 e. The van der Waals surface area contributed by atoms with Crippen molar-refractivity contribution in [1.82, 2.24) is 10.2 Å². The molecule has 0 radical (unpaired) electrons. The number of furan rings is 1. The lowest BCUT2D eigenvalue weighted by Gasteiger charge is -2.09. The second-order valence-corrected chi connectivity index (χ2v) is 8.22. The third-order valence-electron chi connectivity index (χ3n) is 4.10. The molecular formula is C21H16FN3O2S2. The fraction of sp³-hybridized carbons (Fsp3) is 0.0952. The van der Waals surface area contributed by atoms with Crippen molar-refractivity contribution in [3.05, 3.63) is 77.8 Å². The van der Waals surface area contributed by atoms with Crippen molar-refractivity contribution in [2.45, 2.75) is 22.1 Å².